The molecule has 1 aliphatic rings. The number of hydrogen-bond acceptors (Lipinski definition) is 3. The predicted octanol–water partition coefficient (Wildman–Crippen LogP) is 2.48. The lowest BCUT2D eigenvalue weighted by molar-refractivity contribution is -0.137. The number of nitrogens with one attached hydrogen (secondary N) is 1. The fraction of sp³-hybridized carbons (Fsp3) is 0.471. The van der Waals surface area contributed by atoms with Gasteiger partial charge in [0, 0.05) is 35.6 Å². The molecule has 1 fully saturated rings. The van der Waals surface area contributed by atoms with Crippen LogP contribution in [0.15, 0.2) is 22.7 Å². The van der Waals surface area contributed by atoms with Crippen LogP contribution in [0.1, 0.15) is 31.7 Å². The Balaban J connectivity index is 1.97. The summed E-state index contributed by atoms with van der Waals surface area (Å²) >= 11 is 3.43. The van der Waals surface area contributed by atoms with Crippen molar-refractivity contribution in [1.82, 2.24) is 5.32 Å². The normalized spacial score (nSPS) is 18.5. The Labute approximate surface area is 149 Å². The van der Waals surface area contributed by atoms with E-state index in [0.29, 0.717) is 13.0 Å². The largest absolute Gasteiger partial charge is 0.481 e. The van der Waals surface area contributed by atoms with Crippen molar-refractivity contribution in [3.8, 4) is 0 Å². The lowest BCUT2D eigenvalue weighted by Crippen LogP contribution is -2.38. The fourth-order valence-electron chi connectivity index (χ4n) is 2.70. The molecule has 2 rings (SSSR count). The van der Waals surface area contributed by atoms with Crippen molar-refractivity contribution in [2.75, 3.05) is 11.4 Å². The second-order valence-corrected chi connectivity index (χ2v) is 7.04. The molecule has 0 saturated carbocycles. The van der Waals surface area contributed by atoms with Crippen molar-refractivity contribution in [2.24, 2.45) is 5.92 Å². The van der Waals surface area contributed by atoms with Crippen LogP contribution in [0.2, 0.25) is 0 Å². The number of hydrogen-bond donors (Lipinski definition) is 2. The number of rotatable bonds is 6. The number of anilines is 1. The van der Waals surface area contributed by atoms with Gasteiger partial charge in [0.05, 0.1) is 5.92 Å². The Morgan fingerprint density at radius 2 is 2.17 bits per heavy atom. The number of benzene rings is 1. The molecular weight excluding hydrogens is 376 g/mol. The molecule has 1 aromatic rings. The van der Waals surface area contributed by atoms with Crippen LogP contribution >= 0.6 is 15.9 Å². The van der Waals surface area contributed by atoms with Crippen molar-refractivity contribution in [2.45, 2.75) is 39.2 Å². The minimum Gasteiger partial charge on any atom is -0.481 e. The molecule has 1 saturated heterocycles. The first-order valence-electron chi connectivity index (χ1n) is 7.86. The van der Waals surface area contributed by atoms with Gasteiger partial charge in [0.2, 0.25) is 11.8 Å². The zero-order chi connectivity index (χ0) is 17.9. The smallest absolute Gasteiger partial charge is 0.303 e. The maximum Gasteiger partial charge on any atom is 0.303 e. The van der Waals surface area contributed by atoms with E-state index in [4.69, 9.17) is 5.11 Å². The van der Waals surface area contributed by atoms with E-state index in [2.05, 4.69) is 21.2 Å². The van der Waals surface area contributed by atoms with Crippen LogP contribution in [0.4, 0.5) is 5.69 Å². The molecule has 7 heteroatoms. The van der Waals surface area contributed by atoms with Gasteiger partial charge in [-0.1, -0.05) is 15.9 Å². The van der Waals surface area contributed by atoms with Crippen LogP contribution in [-0.4, -0.2) is 35.5 Å². The second-order valence-electron chi connectivity index (χ2n) is 6.18. The Hall–Kier alpha value is -1.89. The quantitative estimate of drug-likeness (QED) is 0.772. The summed E-state index contributed by atoms with van der Waals surface area (Å²) in [6, 6.07) is 5.43. The topological polar surface area (TPSA) is 86.7 Å². The van der Waals surface area contributed by atoms with E-state index in [1.54, 1.807) is 11.8 Å². The molecule has 0 spiro atoms. The number of aryl methyl sites for hydroxylation is 1. The highest BCUT2D eigenvalue weighted by Crippen LogP contribution is 2.28. The minimum absolute atomic E-state index is 0.00926. The number of carbonyl (C=O) groups excluding carboxylic acids is 2. The molecule has 24 heavy (non-hydrogen) atoms. The lowest BCUT2D eigenvalue weighted by atomic mass is 10.1. The monoisotopic (exact) mass is 396 g/mol. The van der Waals surface area contributed by atoms with Crippen LogP contribution in [-0.2, 0) is 14.4 Å². The van der Waals surface area contributed by atoms with Gasteiger partial charge < -0.3 is 15.3 Å². The van der Waals surface area contributed by atoms with E-state index in [9.17, 15) is 14.4 Å². The van der Waals surface area contributed by atoms with E-state index < -0.39 is 11.9 Å². The lowest BCUT2D eigenvalue weighted by Gasteiger charge is -2.19. The number of amides is 2. The molecule has 1 aromatic carbocycles. The van der Waals surface area contributed by atoms with Crippen molar-refractivity contribution in [1.29, 1.82) is 0 Å². The van der Waals surface area contributed by atoms with Gasteiger partial charge in [-0.05, 0) is 44.0 Å². The molecule has 130 valence electrons. The van der Waals surface area contributed by atoms with Gasteiger partial charge in [-0.15, -0.1) is 0 Å². The van der Waals surface area contributed by atoms with Gasteiger partial charge in [0.25, 0.3) is 0 Å². The first kappa shape index (κ1) is 18.4. The summed E-state index contributed by atoms with van der Waals surface area (Å²) in [4.78, 5) is 36.7. The van der Waals surface area contributed by atoms with Crippen molar-refractivity contribution in [3.63, 3.8) is 0 Å². The summed E-state index contributed by atoms with van der Waals surface area (Å²) in [5, 5.41) is 11.5. The average molecular weight is 397 g/mol. The number of halogens is 1. The Kier molecular flexibility index (Phi) is 5.99. The van der Waals surface area contributed by atoms with Crippen LogP contribution < -0.4 is 10.2 Å². The van der Waals surface area contributed by atoms with E-state index in [0.717, 1.165) is 15.7 Å². The Bertz CT molecular complexity index is 662. The third-order valence-electron chi connectivity index (χ3n) is 4.13. The third kappa shape index (κ3) is 4.56. The SMILES string of the molecule is Cc1cc(N2CC(C(=O)NC(C)CCC(=O)O)CC2=O)ccc1Br. The predicted molar refractivity (Wildman–Crippen MR) is 93.8 cm³/mol. The molecule has 1 heterocycles. The van der Waals surface area contributed by atoms with Crippen LogP contribution in [0.3, 0.4) is 0 Å². The molecule has 6 nitrogen and oxygen atoms in total. The first-order chi connectivity index (χ1) is 11.3. The van der Waals surface area contributed by atoms with E-state index >= 15 is 0 Å². The summed E-state index contributed by atoms with van der Waals surface area (Å²) in [7, 11) is 0. The van der Waals surface area contributed by atoms with E-state index in [1.165, 1.54) is 0 Å². The molecule has 0 aliphatic carbocycles. The number of carboxylic acid groups (broad SMARTS) is 1. The standard InChI is InChI=1S/C17H21BrN2O4/c1-10-7-13(4-5-14(10)18)20-9-12(8-15(20)21)17(24)19-11(2)3-6-16(22)23/h4-5,7,11-12H,3,6,8-9H2,1-2H3,(H,19,24)(H,22,23). The van der Waals surface area contributed by atoms with Gasteiger partial charge in [0.1, 0.15) is 0 Å². The molecule has 2 unspecified atom stereocenters. The molecule has 2 atom stereocenters. The molecule has 0 bridgehead atoms. The molecular formula is C17H21BrN2O4. The molecule has 0 aromatic heterocycles. The summed E-state index contributed by atoms with van der Waals surface area (Å²) in [6.07, 6.45) is 0.555. The highest BCUT2D eigenvalue weighted by atomic mass is 79.9. The van der Waals surface area contributed by atoms with Crippen LogP contribution in [0.25, 0.3) is 0 Å². The van der Waals surface area contributed by atoms with Crippen LogP contribution in [0.5, 0.6) is 0 Å². The number of carbonyl (C=O) groups is 3. The number of aliphatic carboxylic acids is 1. The summed E-state index contributed by atoms with van der Waals surface area (Å²) < 4.78 is 0.972. The third-order valence-corrected chi connectivity index (χ3v) is 5.02. The van der Waals surface area contributed by atoms with Gasteiger partial charge in [-0.25, -0.2) is 0 Å². The minimum atomic E-state index is -0.885. The van der Waals surface area contributed by atoms with Crippen molar-refractivity contribution >= 4 is 39.4 Å². The fourth-order valence-corrected chi connectivity index (χ4v) is 2.95. The van der Waals surface area contributed by atoms with Gasteiger partial charge >= 0.3 is 5.97 Å². The van der Waals surface area contributed by atoms with Crippen molar-refractivity contribution in [3.05, 3.63) is 28.2 Å². The second kappa shape index (κ2) is 7.79. The maximum atomic E-state index is 12.3. The van der Waals surface area contributed by atoms with Crippen LogP contribution in [0, 0.1) is 12.8 Å². The van der Waals surface area contributed by atoms with Gasteiger partial charge in [0.15, 0.2) is 0 Å². The summed E-state index contributed by atoms with van der Waals surface area (Å²) in [5.41, 5.74) is 1.81. The van der Waals surface area contributed by atoms with E-state index in [-0.39, 0.29) is 30.7 Å². The molecule has 1 aliphatic heterocycles. The van der Waals surface area contributed by atoms with Gasteiger partial charge in [-0.2, -0.15) is 0 Å². The average Bonchev–Trinajstić information content (AvgIpc) is 2.90. The van der Waals surface area contributed by atoms with Gasteiger partial charge in [-0.3, -0.25) is 14.4 Å². The molecule has 0 radical (unpaired) electrons. The zero-order valence-electron chi connectivity index (χ0n) is 13.7. The summed E-state index contributed by atoms with van der Waals surface area (Å²) in [6.45, 7) is 4.06. The highest BCUT2D eigenvalue weighted by Gasteiger charge is 2.35. The Morgan fingerprint density at radius 3 is 2.79 bits per heavy atom. The first-order valence-corrected chi connectivity index (χ1v) is 8.66. The Morgan fingerprint density at radius 1 is 1.46 bits per heavy atom. The van der Waals surface area contributed by atoms with E-state index in [1.807, 2.05) is 25.1 Å². The van der Waals surface area contributed by atoms with Crippen molar-refractivity contribution < 1.29 is 19.5 Å². The molecule has 2 amide bonds. The summed E-state index contributed by atoms with van der Waals surface area (Å²) in [5.74, 6) is -1.56. The number of carboxylic acids is 1. The molecule has 2 N–H and O–H groups in total. The highest BCUT2D eigenvalue weighted by molar-refractivity contribution is 9.10. The maximum absolute atomic E-state index is 12.3. The number of nitrogens with zero attached hydrogens (tertiary/aromatic N) is 1. The zero-order valence-corrected chi connectivity index (χ0v) is 15.3.